The molecule has 1 aromatic carbocycles. The van der Waals surface area contributed by atoms with Crippen LogP contribution in [0.25, 0.3) is 0 Å². The molecule has 1 saturated heterocycles. The fourth-order valence-corrected chi connectivity index (χ4v) is 3.64. The summed E-state index contributed by atoms with van der Waals surface area (Å²) in [5, 5.41) is 23.3. The van der Waals surface area contributed by atoms with Gasteiger partial charge in [-0.1, -0.05) is 11.6 Å². The molecule has 0 bridgehead atoms. The number of rotatable bonds is 2. The molecule has 3 rings (SSSR count). The minimum Gasteiger partial charge on any atom is -0.485 e. The molecule has 0 spiro atoms. The minimum atomic E-state index is -0.628. The predicted molar refractivity (Wildman–Crippen MR) is 89.3 cm³/mol. The molecule has 126 valence electrons. The van der Waals surface area contributed by atoms with Crippen molar-refractivity contribution < 1.29 is 15.1 Å². The maximum atomic E-state index is 10.9. The van der Waals surface area contributed by atoms with E-state index < -0.39 is 11.7 Å². The molecule has 0 aliphatic carbocycles. The van der Waals surface area contributed by atoms with E-state index in [4.69, 9.17) is 9.94 Å². The highest BCUT2D eigenvalue weighted by Gasteiger charge is 2.45. The summed E-state index contributed by atoms with van der Waals surface area (Å²) in [5.41, 5.74) is 1.77. The van der Waals surface area contributed by atoms with Crippen molar-refractivity contribution in [2.75, 3.05) is 13.1 Å². The Morgan fingerprint density at radius 2 is 1.96 bits per heavy atom. The van der Waals surface area contributed by atoms with Crippen molar-refractivity contribution in [2.45, 2.75) is 57.8 Å². The molecule has 2 N–H and O–H groups in total. The van der Waals surface area contributed by atoms with Gasteiger partial charge in [0.2, 0.25) is 0 Å². The molecule has 23 heavy (non-hydrogen) atoms. The summed E-state index contributed by atoms with van der Waals surface area (Å²) < 4.78 is 6.04. The van der Waals surface area contributed by atoms with Gasteiger partial charge in [0, 0.05) is 5.56 Å². The monoisotopic (exact) mass is 318 g/mol. The zero-order valence-electron chi connectivity index (χ0n) is 14.1. The van der Waals surface area contributed by atoms with Crippen LogP contribution in [0, 0.1) is 0 Å². The van der Waals surface area contributed by atoms with E-state index in [2.05, 4.69) is 10.1 Å². The van der Waals surface area contributed by atoms with E-state index in [1.807, 2.05) is 32.0 Å². The molecule has 1 aromatic rings. The summed E-state index contributed by atoms with van der Waals surface area (Å²) in [7, 11) is 0. The molecule has 0 amide bonds. The van der Waals surface area contributed by atoms with Gasteiger partial charge in [0.1, 0.15) is 17.5 Å². The highest BCUT2D eigenvalue weighted by atomic mass is 16.5. The Morgan fingerprint density at radius 1 is 1.26 bits per heavy atom. The van der Waals surface area contributed by atoms with E-state index in [0.717, 1.165) is 42.8 Å². The number of likely N-dealkylation sites (tertiary alicyclic amines) is 1. The Bertz CT molecular complexity index is 606. The van der Waals surface area contributed by atoms with Gasteiger partial charge < -0.3 is 15.1 Å². The molecular weight excluding hydrogens is 292 g/mol. The zero-order chi connectivity index (χ0) is 16.6. The average molecular weight is 318 g/mol. The third-order valence-corrected chi connectivity index (χ3v) is 5.06. The molecule has 2 heterocycles. The normalized spacial score (nSPS) is 28.1. The zero-order valence-corrected chi connectivity index (χ0v) is 14.1. The van der Waals surface area contributed by atoms with Gasteiger partial charge in [-0.15, -0.1) is 0 Å². The van der Waals surface area contributed by atoms with E-state index in [-0.39, 0.29) is 6.04 Å². The number of fused-ring (bicyclic) bond motifs is 1. The van der Waals surface area contributed by atoms with E-state index in [9.17, 15) is 5.11 Å². The highest BCUT2D eigenvalue weighted by molar-refractivity contribution is 5.98. The van der Waals surface area contributed by atoms with Crippen molar-refractivity contribution in [3.8, 4) is 5.75 Å². The maximum Gasteiger partial charge on any atom is 0.131 e. The molecule has 2 aliphatic rings. The van der Waals surface area contributed by atoms with Crippen molar-refractivity contribution in [3.63, 3.8) is 0 Å². The van der Waals surface area contributed by atoms with Gasteiger partial charge in [-0.05, 0) is 70.5 Å². The molecule has 0 saturated carbocycles. The van der Waals surface area contributed by atoms with Gasteiger partial charge in [0.15, 0.2) is 0 Å². The van der Waals surface area contributed by atoms with Gasteiger partial charge >= 0.3 is 0 Å². The Labute approximate surface area is 137 Å². The van der Waals surface area contributed by atoms with Crippen molar-refractivity contribution in [3.05, 3.63) is 29.3 Å². The Morgan fingerprint density at radius 3 is 2.61 bits per heavy atom. The molecule has 0 unspecified atom stereocenters. The largest absolute Gasteiger partial charge is 0.485 e. The number of aliphatic hydroxyl groups is 1. The Hall–Kier alpha value is -1.59. The number of ether oxygens (including phenoxy) is 1. The van der Waals surface area contributed by atoms with Crippen LogP contribution in [0.5, 0.6) is 5.75 Å². The summed E-state index contributed by atoms with van der Waals surface area (Å²) in [5.74, 6) is 0.811. The first kappa shape index (κ1) is 16.3. The Balaban J connectivity index is 2.06. The van der Waals surface area contributed by atoms with E-state index in [1.54, 1.807) is 6.92 Å². The second-order valence-corrected chi connectivity index (χ2v) is 7.13. The molecular formula is C18H26N2O3. The maximum absolute atomic E-state index is 10.9. The first-order valence-electron chi connectivity index (χ1n) is 8.38. The average Bonchev–Trinajstić information content (AvgIpc) is 2.55. The number of hydrogen-bond acceptors (Lipinski definition) is 5. The lowest BCUT2D eigenvalue weighted by atomic mass is 9.84. The first-order chi connectivity index (χ1) is 10.9. The van der Waals surface area contributed by atoms with Crippen LogP contribution in [0.15, 0.2) is 23.4 Å². The quantitative estimate of drug-likeness (QED) is 0.500. The van der Waals surface area contributed by atoms with Crippen molar-refractivity contribution in [2.24, 2.45) is 5.16 Å². The topological polar surface area (TPSA) is 65.3 Å². The molecule has 2 atom stereocenters. The molecule has 5 heteroatoms. The van der Waals surface area contributed by atoms with Crippen molar-refractivity contribution >= 4 is 5.71 Å². The number of piperidine rings is 1. The summed E-state index contributed by atoms with van der Waals surface area (Å²) in [4.78, 5) is 2.37. The summed E-state index contributed by atoms with van der Waals surface area (Å²) in [6.07, 6.45) is 2.98. The lowest BCUT2D eigenvalue weighted by Gasteiger charge is -2.47. The van der Waals surface area contributed by atoms with Crippen molar-refractivity contribution in [1.82, 2.24) is 4.90 Å². The smallest absolute Gasteiger partial charge is 0.131 e. The van der Waals surface area contributed by atoms with Gasteiger partial charge in [-0.25, -0.2) is 0 Å². The first-order valence-corrected chi connectivity index (χ1v) is 8.38. The third-order valence-electron chi connectivity index (χ3n) is 5.06. The van der Waals surface area contributed by atoms with Crippen LogP contribution in [-0.2, 0) is 0 Å². The van der Waals surface area contributed by atoms with Gasteiger partial charge in [-0.3, -0.25) is 4.90 Å². The number of benzene rings is 1. The number of oxime groups is 1. The molecule has 0 radical (unpaired) electrons. The molecule has 1 fully saturated rings. The van der Waals surface area contributed by atoms with Crippen LogP contribution in [-0.4, -0.2) is 45.7 Å². The van der Waals surface area contributed by atoms with E-state index >= 15 is 0 Å². The van der Waals surface area contributed by atoms with Crippen LogP contribution in [0.2, 0.25) is 0 Å². The van der Waals surface area contributed by atoms with Crippen LogP contribution in [0.1, 0.15) is 57.2 Å². The van der Waals surface area contributed by atoms with Gasteiger partial charge in [0.05, 0.1) is 11.8 Å². The Kier molecular flexibility index (Phi) is 4.34. The van der Waals surface area contributed by atoms with E-state index in [0.29, 0.717) is 5.71 Å². The fraction of sp³-hybridized carbons (Fsp3) is 0.611. The summed E-state index contributed by atoms with van der Waals surface area (Å²) >= 11 is 0. The second-order valence-electron chi connectivity index (χ2n) is 7.13. The predicted octanol–water partition coefficient (Wildman–Crippen LogP) is 2.94. The molecule has 2 aliphatic heterocycles. The SMILES string of the molecule is CC(=NO)c1ccc2c(c1)[C@H](N1CCCCC1)[C@@H](O)C(C)(C)O2. The molecule has 0 aromatic heterocycles. The van der Waals surface area contributed by atoms with E-state index in [1.165, 1.54) is 6.42 Å². The van der Waals surface area contributed by atoms with Crippen LogP contribution < -0.4 is 4.74 Å². The van der Waals surface area contributed by atoms with Gasteiger partial charge in [-0.2, -0.15) is 0 Å². The number of hydrogen-bond donors (Lipinski definition) is 2. The third kappa shape index (κ3) is 2.95. The number of aliphatic hydroxyl groups excluding tert-OH is 1. The van der Waals surface area contributed by atoms with Crippen molar-refractivity contribution in [1.29, 1.82) is 0 Å². The number of nitrogens with zero attached hydrogens (tertiary/aromatic N) is 2. The lowest BCUT2D eigenvalue weighted by Crippen LogP contribution is -2.54. The van der Waals surface area contributed by atoms with Gasteiger partial charge in [0.25, 0.3) is 0 Å². The summed E-state index contributed by atoms with van der Waals surface area (Å²) in [6, 6.07) is 5.72. The van der Waals surface area contributed by atoms with Crippen LogP contribution in [0.3, 0.4) is 0 Å². The minimum absolute atomic E-state index is 0.0829. The van der Waals surface area contributed by atoms with Crippen LogP contribution in [0.4, 0.5) is 0 Å². The molecule has 5 nitrogen and oxygen atoms in total. The second kappa shape index (κ2) is 6.13. The fourth-order valence-electron chi connectivity index (χ4n) is 3.64. The highest BCUT2D eigenvalue weighted by Crippen LogP contribution is 2.44. The standard InChI is InChI=1S/C18H26N2O3/c1-12(19-22)13-7-8-15-14(11-13)16(17(21)18(2,3)23-15)20-9-5-4-6-10-20/h7-8,11,16-17,21-22H,4-6,9-10H2,1-3H3/t16-,17+/m0/s1. The lowest BCUT2D eigenvalue weighted by molar-refractivity contribution is -0.0961. The van der Waals surface area contributed by atoms with Crippen LogP contribution >= 0.6 is 0 Å². The summed E-state index contributed by atoms with van der Waals surface area (Å²) in [6.45, 7) is 7.63.